The van der Waals surface area contributed by atoms with Crippen molar-refractivity contribution < 1.29 is 13.2 Å². The molecule has 0 spiro atoms. The summed E-state index contributed by atoms with van der Waals surface area (Å²) < 4.78 is 28.6. The Morgan fingerprint density at radius 1 is 1.07 bits per heavy atom. The van der Waals surface area contributed by atoms with Crippen LogP contribution in [0.4, 0.5) is 0 Å². The van der Waals surface area contributed by atoms with Crippen molar-refractivity contribution >= 4 is 43.2 Å². The molecule has 29 heavy (non-hydrogen) atoms. The summed E-state index contributed by atoms with van der Waals surface area (Å²) in [4.78, 5) is 15.3. The molecule has 156 valence electrons. The monoisotopic (exact) mass is 496 g/mol. The lowest BCUT2D eigenvalue weighted by Crippen LogP contribution is -2.48. The first-order valence-electron chi connectivity index (χ1n) is 10.0. The Morgan fingerprint density at radius 3 is 2.55 bits per heavy atom. The minimum Gasteiger partial charge on any atom is -0.339 e. The number of carbonyl (C=O) groups is 1. The number of amides is 1. The fourth-order valence-corrected chi connectivity index (χ4v) is 8.07. The molecule has 2 unspecified atom stereocenters. The topological polar surface area (TPSA) is 57.7 Å². The first-order valence-corrected chi connectivity index (χ1v) is 13.1. The number of rotatable bonds is 5. The largest absolute Gasteiger partial charge is 0.339 e. The van der Waals surface area contributed by atoms with Gasteiger partial charge in [0.15, 0.2) is 0 Å². The number of thiophene rings is 1. The van der Waals surface area contributed by atoms with Gasteiger partial charge in [-0.15, -0.1) is 11.3 Å². The van der Waals surface area contributed by atoms with Crippen LogP contribution in [0.3, 0.4) is 0 Å². The van der Waals surface area contributed by atoms with E-state index in [1.807, 2.05) is 23.1 Å². The van der Waals surface area contributed by atoms with Gasteiger partial charge < -0.3 is 4.90 Å². The van der Waals surface area contributed by atoms with E-state index in [0.717, 1.165) is 42.4 Å². The van der Waals surface area contributed by atoms with Crippen molar-refractivity contribution in [2.45, 2.75) is 42.4 Å². The van der Waals surface area contributed by atoms with E-state index in [2.05, 4.69) is 28.1 Å². The Morgan fingerprint density at radius 2 is 1.83 bits per heavy atom. The second-order valence-electron chi connectivity index (χ2n) is 7.78. The molecule has 2 fully saturated rings. The average molecular weight is 497 g/mol. The van der Waals surface area contributed by atoms with Gasteiger partial charge in [0, 0.05) is 25.7 Å². The van der Waals surface area contributed by atoms with Crippen molar-refractivity contribution in [2.24, 2.45) is 5.92 Å². The molecule has 4 rings (SSSR count). The maximum Gasteiger partial charge on any atom is 0.252 e. The molecule has 2 atom stereocenters. The molecule has 1 aromatic heterocycles. The molecule has 5 nitrogen and oxygen atoms in total. The molecule has 8 heteroatoms. The summed E-state index contributed by atoms with van der Waals surface area (Å²) in [6, 6.07) is 13.9. The summed E-state index contributed by atoms with van der Waals surface area (Å²) in [5.74, 6) is -0.131. The molecular formula is C21H25BrN2O3S2. The van der Waals surface area contributed by atoms with Crippen LogP contribution in [0, 0.1) is 5.92 Å². The predicted molar refractivity (Wildman–Crippen MR) is 118 cm³/mol. The van der Waals surface area contributed by atoms with Crippen LogP contribution in [0.1, 0.15) is 31.2 Å². The van der Waals surface area contributed by atoms with Gasteiger partial charge in [0.05, 0.1) is 9.70 Å². The summed E-state index contributed by atoms with van der Waals surface area (Å²) in [6.45, 7) is 1.54. The van der Waals surface area contributed by atoms with Crippen molar-refractivity contribution in [1.82, 2.24) is 9.21 Å². The number of likely N-dealkylation sites (tertiary alicyclic amines) is 1. The Hall–Kier alpha value is -1.22. The zero-order chi connectivity index (χ0) is 20.4. The van der Waals surface area contributed by atoms with E-state index in [0.29, 0.717) is 10.8 Å². The van der Waals surface area contributed by atoms with E-state index in [1.165, 1.54) is 21.2 Å². The number of carbonyl (C=O) groups excluding carboxylic acids is 1. The van der Waals surface area contributed by atoms with Gasteiger partial charge in [-0.25, -0.2) is 8.42 Å². The smallest absolute Gasteiger partial charge is 0.252 e. The van der Waals surface area contributed by atoms with Crippen molar-refractivity contribution in [3.8, 4) is 0 Å². The average Bonchev–Trinajstić information content (AvgIpc) is 3.38. The third kappa shape index (κ3) is 4.60. The third-order valence-corrected chi connectivity index (χ3v) is 9.81. The molecule has 1 aromatic carbocycles. The van der Waals surface area contributed by atoms with E-state index in [4.69, 9.17) is 0 Å². The van der Waals surface area contributed by atoms with E-state index in [-0.39, 0.29) is 24.4 Å². The fourth-order valence-electron chi connectivity index (χ4n) is 4.38. The highest BCUT2D eigenvalue weighted by Gasteiger charge is 2.38. The van der Waals surface area contributed by atoms with Gasteiger partial charge in [-0.2, -0.15) is 4.31 Å². The molecule has 2 saturated heterocycles. The molecule has 1 amide bonds. The first kappa shape index (κ1) is 21.0. The summed E-state index contributed by atoms with van der Waals surface area (Å²) in [5.41, 5.74) is 1.24. The van der Waals surface area contributed by atoms with E-state index in [1.54, 1.807) is 12.1 Å². The van der Waals surface area contributed by atoms with E-state index < -0.39 is 10.0 Å². The van der Waals surface area contributed by atoms with Gasteiger partial charge in [-0.3, -0.25) is 4.79 Å². The zero-order valence-electron chi connectivity index (χ0n) is 16.2. The number of piperidine rings is 1. The molecule has 0 radical (unpaired) electrons. The lowest BCUT2D eigenvalue weighted by atomic mass is 9.96. The van der Waals surface area contributed by atoms with Crippen LogP contribution in [0.25, 0.3) is 0 Å². The normalized spacial score (nSPS) is 23.4. The van der Waals surface area contributed by atoms with Crippen molar-refractivity contribution in [1.29, 1.82) is 0 Å². The molecule has 0 aliphatic carbocycles. The second-order valence-corrected chi connectivity index (χ2v) is 12.4. The van der Waals surface area contributed by atoms with Gasteiger partial charge in [0.1, 0.15) is 4.21 Å². The van der Waals surface area contributed by atoms with Crippen LogP contribution in [-0.4, -0.2) is 49.2 Å². The van der Waals surface area contributed by atoms with Crippen LogP contribution in [-0.2, 0) is 21.2 Å². The van der Waals surface area contributed by atoms with Gasteiger partial charge in [0.25, 0.3) is 10.0 Å². The van der Waals surface area contributed by atoms with Gasteiger partial charge >= 0.3 is 0 Å². The molecule has 2 aromatic rings. The first-order chi connectivity index (χ1) is 13.9. The predicted octanol–water partition coefficient (Wildman–Crippen LogP) is 4.15. The van der Waals surface area contributed by atoms with Crippen LogP contribution in [0.2, 0.25) is 0 Å². The number of nitrogens with zero attached hydrogens (tertiary/aromatic N) is 2. The summed E-state index contributed by atoms with van der Waals surface area (Å²) in [7, 11) is -3.54. The van der Waals surface area contributed by atoms with Gasteiger partial charge in [-0.05, 0) is 65.7 Å². The SMILES string of the molecule is O=C(C1CCCN(S(=O)(=O)c2ccc(Br)s2)C1)N1CCCC1Cc1ccccc1. The number of hydrogen-bond acceptors (Lipinski definition) is 4. The summed E-state index contributed by atoms with van der Waals surface area (Å²) in [5, 5.41) is 0. The quantitative estimate of drug-likeness (QED) is 0.624. The number of benzene rings is 1. The molecule has 2 aliphatic heterocycles. The molecule has 2 aliphatic rings. The van der Waals surface area contributed by atoms with E-state index >= 15 is 0 Å². The number of sulfonamides is 1. The minimum atomic E-state index is -3.54. The Bertz CT molecular complexity index is 961. The number of hydrogen-bond donors (Lipinski definition) is 0. The standard InChI is InChI=1S/C21H25BrN2O3S2/c22-19-10-11-20(28-19)29(26,27)23-12-4-8-17(15-23)21(25)24-13-5-9-18(24)14-16-6-2-1-3-7-16/h1-3,6-7,10-11,17-18H,4-5,8-9,12-15H2. The highest BCUT2D eigenvalue weighted by molar-refractivity contribution is 9.11. The molecular weight excluding hydrogens is 472 g/mol. The van der Waals surface area contributed by atoms with Crippen LogP contribution in [0.5, 0.6) is 0 Å². The van der Waals surface area contributed by atoms with Gasteiger partial charge in [-0.1, -0.05) is 30.3 Å². The highest BCUT2D eigenvalue weighted by Crippen LogP contribution is 2.32. The van der Waals surface area contributed by atoms with Crippen molar-refractivity contribution in [3.63, 3.8) is 0 Å². The molecule has 0 bridgehead atoms. The Balaban J connectivity index is 1.45. The minimum absolute atomic E-state index is 0.121. The van der Waals surface area contributed by atoms with Crippen molar-refractivity contribution in [3.05, 3.63) is 51.8 Å². The van der Waals surface area contributed by atoms with Crippen molar-refractivity contribution in [2.75, 3.05) is 19.6 Å². The summed E-state index contributed by atoms with van der Waals surface area (Å²) >= 11 is 4.55. The Labute approximate surface area is 184 Å². The van der Waals surface area contributed by atoms with Crippen LogP contribution < -0.4 is 0 Å². The maximum atomic E-state index is 13.3. The van der Waals surface area contributed by atoms with Gasteiger partial charge in [0.2, 0.25) is 5.91 Å². The number of halogens is 1. The molecule has 3 heterocycles. The van der Waals surface area contributed by atoms with Crippen LogP contribution >= 0.6 is 27.3 Å². The zero-order valence-corrected chi connectivity index (χ0v) is 19.4. The fraction of sp³-hybridized carbons (Fsp3) is 0.476. The maximum absolute atomic E-state index is 13.3. The lowest BCUT2D eigenvalue weighted by molar-refractivity contribution is -0.137. The molecule has 0 N–H and O–H groups in total. The third-order valence-electron chi connectivity index (χ3n) is 5.85. The van der Waals surface area contributed by atoms with Crippen LogP contribution in [0.15, 0.2) is 50.5 Å². The highest BCUT2D eigenvalue weighted by atomic mass is 79.9. The van der Waals surface area contributed by atoms with E-state index in [9.17, 15) is 13.2 Å². The molecule has 0 saturated carbocycles. The summed E-state index contributed by atoms with van der Waals surface area (Å²) in [6.07, 6.45) is 4.37. The Kier molecular flexibility index (Phi) is 6.44. The lowest BCUT2D eigenvalue weighted by Gasteiger charge is -2.35. The second kappa shape index (κ2) is 8.88.